The molecule has 1 unspecified atom stereocenters. The molecular weight excluding hydrogens is 298 g/mol. The first-order valence-corrected chi connectivity index (χ1v) is 6.11. The van der Waals surface area contributed by atoms with E-state index >= 15 is 0 Å². The van der Waals surface area contributed by atoms with Crippen LogP contribution in [0.25, 0.3) is 10.9 Å². The molecule has 2 heterocycles. The molecule has 0 radical (unpaired) electrons. The number of carboxylic acid groups (broad SMARTS) is 1. The van der Waals surface area contributed by atoms with E-state index in [1.54, 1.807) is 6.20 Å². The van der Waals surface area contributed by atoms with Crippen LogP contribution >= 0.6 is 0 Å². The molecule has 2 aromatic rings. The van der Waals surface area contributed by atoms with Crippen LogP contribution < -0.4 is 10.6 Å². The number of nitrogens with zero attached hydrogens (tertiary/aromatic N) is 1. The number of hydrogen-bond donors (Lipinski definition) is 3. The first kappa shape index (κ1) is 14.3. The highest BCUT2D eigenvalue weighted by atomic mass is 17.4. The van der Waals surface area contributed by atoms with Crippen LogP contribution in [0.3, 0.4) is 0 Å². The molecule has 1 fully saturated rings. The van der Waals surface area contributed by atoms with Gasteiger partial charge in [0, 0.05) is 24.1 Å². The smallest absolute Gasteiger partial charge is 0.439 e. The number of aromatic amines is 1. The number of benzene rings is 1. The molecule has 0 bridgehead atoms. The number of carbonyl (C=O) groups excluding carboxylic acids is 1. The topological polar surface area (TPSA) is 122 Å². The zero-order chi connectivity index (χ0) is 15.7. The summed E-state index contributed by atoms with van der Waals surface area (Å²) in [5.74, 6) is -5.56. The van der Waals surface area contributed by atoms with Crippen molar-refractivity contribution in [1.29, 1.82) is 0 Å². The van der Waals surface area contributed by atoms with Gasteiger partial charge in [0.05, 0.1) is 0 Å². The van der Waals surface area contributed by atoms with E-state index in [2.05, 4.69) is 25.1 Å². The van der Waals surface area contributed by atoms with Crippen LogP contribution in [-0.2, 0) is 29.2 Å². The third kappa shape index (κ3) is 2.07. The molecule has 1 aromatic carbocycles. The predicted molar refractivity (Wildman–Crippen MR) is 69.6 cm³/mol. The molecule has 0 aliphatic carbocycles. The van der Waals surface area contributed by atoms with Crippen molar-refractivity contribution >= 4 is 28.5 Å². The lowest BCUT2D eigenvalue weighted by atomic mass is 10.2. The lowest BCUT2D eigenvalue weighted by Crippen LogP contribution is -2.61. The molecule has 1 saturated heterocycles. The molecule has 1 aromatic heterocycles. The average molecular weight is 309 g/mol. The van der Waals surface area contributed by atoms with Crippen molar-refractivity contribution in [3.05, 3.63) is 30.5 Å². The van der Waals surface area contributed by atoms with Crippen LogP contribution in [0.2, 0.25) is 0 Å². The summed E-state index contributed by atoms with van der Waals surface area (Å²) in [5, 5.41) is 10.8. The monoisotopic (exact) mass is 309 g/mol. The molecule has 10 heteroatoms. The lowest BCUT2D eigenvalue weighted by Gasteiger charge is -2.31. The summed E-state index contributed by atoms with van der Waals surface area (Å²) in [6.07, 6.45) is 1.61. The van der Waals surface area contributed by atoms with Crippen molar-refractivity contribution in [3.63, 3.8) is 0 Å². The normalized spacial score (nSPS) is 20.5. The Balaban J connectivity index is 1.81. The molecule has 0 saturated carbocycles. The van der Waals surface area contributed by atoms with E-state index in [0.29, 0.717) is 5.69 Å². The molecule has 116 valence electrons. The summed E-state index contributed by atoms with van der Waals surface area (Å²) >= 11 is 0. The van der Waals surface area contributed by atoms with Crippen molar-refractivity contribution in [3.8, 4) is 0 Å². The summed E-state index contributed by atoms with van der Waals surface area (Å²) in [6, 6.07) is 7.33. The highest BCUT2D eigenvalue weighted by Gasteiger charge is 2.64. The molecular formula is C12H11N3O7. The fraction of sp³-hybridized carbons (Fsp3) is 0.167. The number of H-pyrrole nitrogens is 1. The molecule has 1 atom stereocenters. The van der Waals surface area contributed by atoms with Crippen molar-refractivity contribution in [2.75, 3.05) is 12.2 Å². The van der Waals surface area contributed by atoms with Gasteiger partial charge in [0.2, 0.25) is 0 Å². The lowest BCUT2D eigenvalue weighted by molar-refractivity contribution is -0.525. The highest BCUT2D eigenvalue weighted by molar-refractivity contribution is 6.02. The number of para-hydroxylation sites is 1. The van der Waals surface area contributed by atoms with Crippen molar-refractivity contribution in [1.82, 2.24) is 10.4 Å². The number of hydrogen-bond acceptors (Lipinski definition) is 8. The zero-order valence-electron chi connectivity index (χ0n) is 11.2. The number of nitrogens with one attached hydrogen (secondary N) is 2. The highest BCUT2D eigenvalue weighted by Crippen LogP contribution is 2.29. The second-order valence-electron chi connectivity index (χ2n) is 4.27. The molecule has 22 heavy (non-hydrogen) atoms. The number of hydrazine groups is 1. The first-order valence-electron chi connectivity index (χ1n) is 6.11. The Morgan fingerprint density at radius 1 is 1.45 bits per heavy atom. The Morgan fingerprint density at radius 2 is 2.23 bits per heavy atom. The molecule has 1 aliphatic heterocycles. The van der Waals surface area contributed by atoms with Gasteiger partial charge in [-0.15, -0.1) is 9.78 Å². The predicted octanol–water partition coefficient (Wildman–Crippen LogP) is 0.241. The second-order valence-corrected chi connectivity index (χ2v) is 4.27. The van der Waals surface area contributed by atoms with E-state index in [1.165, 1.54) is 7.05 Å². The van der Waals surface area contributed by atoms with E-state index in [4.69, 9.17) is 10.1 Å². The quantitative estimate of drug-likeness (QED) is 0.391. The van der Waals surface area contributed by atoms with Gasteiger partial charge in [0.25, 0.3) is 0 Å². The zero-order valence-corrected chi connectivity index (χ0v) is 11.2. The van der Waals surface area contributed by atoms with E-state index in [1.807, 2.05) is 24.3 Å². The molecule has 1 aliphatic rings. The number of carboxylic acids is 1. The van der Waals surface area contributed by atoms with Crippen molar-refractivity contribution in [2.24, 2.45) is 0 Å². The largest absolute Gasteiger partial charge is 0.477 e. The molecule has 0 amide bonds. The number of fused-ring (bicyclic) bond motifs is 1. The molecule has 0 spiro atoms. The van der Waals surface area contributed by atoms with Gasteiger partial charge in [-0.05, 0) is 6.07 Å². The van der Waals surface area contributed by atoms with Gasteiger partial charge in [-0.2, -0.15) is 5.17 Å². The van der Waals surface area contributed by atoms with E-state index in [-0.39, 0.29) is 0 Å². The minimum absolute atomic E-state index is 0.506. The van der Waals surface area contributed by atoms with Crippen LogP contribution in [0.15, 0.2) is 30.5 Å². The SMILES string of the molecule is CNN(OOC1(C(=O)O)OOC1=O)c1c[nH]c2ccccc12. The summed E-state index contributed by atoms with van der Waals surface area (Å²) in [6.45, 7) is 0. The van der Waals surface area contributed by atoms with Crippen LogP contribution in [-0.4, -0.2) is 34.9 Å². The minimum atomic E-state index is -2.64. The van der Waals surface area contributed by atoms with Crippen LogP contribution in [0.5, 0.6) is 0 Å². The third-order valence-electron chi connectivity index (χ3n) is 3.00. The van der Waals surface area contributed by atoms with Gasteiger partial charge < -0.3 is 10.1 Å². The fourth-order valence-corrected chi connectivity index (χ4v) is 1.87. The molecule has 10 nitrogen and oxygen atoms in total. The van der Waals surface area contributed by atoms with Gasteiger partial charge in [-0.3, -0.25) is 4.89 Å². The third-order valence-corrected chi connectivity index (χ3v) is 3.00. The second kappa shape index (κ2) is 5.27. The summed E-state index contributed by atoms with van der Waals surface area (Å²) in [5.41, 5.74) is 3.97. The minimum Gasteiger partial charge on any atom is -0.477 e. The maximum Gasteiger partial charge on any atom is 0.439 e. The standard InChI is InChI=1S/C12H11N3O7/c1-13-15(9-6-14-8-5-3-2-4-7(8)9)22-21-12(10(16)17)11(18)19-20-12/h2-6,13-14H,1H3,(H,16,17). The summed E-state index contributed by atoms with van der Waals surface area (Å²) in [7, 11) is 1.51. The van der Waals surface area contributed by atoms with Gasteiger partial charge >= 0.3 is 17.7 Å². The van der Waals surface area contributed by atoms with Gasteiger partial charge in [-0.1, -0.05) is 23.2 Å². The Kier molecular flexibility index (Phi) is 3.42. The maximum absolute atomic E-state index is 11.2. The van der Waals surface area contributed by atoms with Crippen LogP contribution in [0.4, 0.5) is 5.69 Å². The first-order chi connectivity index (χ1) is 10.6. The molecule has 3 N–H and O–H groups in total. The van der Waals surface area contributed by atoms with Crippen molar-refractivity contribution in [2.45, 2.75) is 5.79 Å². The molecule has 3 rings (SSSR count). The number of aliphatic carboxylic acids is 1. The number of anilines is 1. The van der Waals surface area contributed by atoms with E-state index in [0.717, 1.165) is 16.1 Å². The van der Waals surface area contributed by atoms with Crippen LogP contribution in [0, 0.1) is 0 Å². The Bertz CT molecular complexity index is 720. The van der Waals surface area contributed by atoms with E-state index < -0.39 is 17.7 Å². The summed E-state index contributed by atoms with van der Waals surface area (Å²) < 4.78 is 0. The summed E-state index contributed by atoms with van der Waals surface area (Å²) in [4.78, 5) is 43.0. The fourth-order valence-electron chi connectivity index (χ4n) is 1.87. The Morgan fingerprint density at radius 3 is 2.82 bits per heavy atom. The van der Waals surface area contributed by atoms with E-state index in [9.17, 15) is 9.59 Å². The average Bonchev–Trinajstić information content (AvgIpc) is 2.94. The maximum atomic E-state index is 11.2. The van der Waals surface area contributed by atoms with Crippen molar-refractivity contribution < 1.29 is 34.3 Å². The van der Waals surface area contributed by atoms with Gasteiger partial charge in [0.15, 0.2) is 0 Å². The Labute approximate surface area is 122 Å². The van der Waals surface area contributed by atoms with Gasteiger partial charge in [-0.25, -0.2) is 15.0 Å². The Hall–Kier alpha value is -2.66. The number of rotatable bonds is 6. The van der Waals surface area contributed by atoms with Gasteiger partial charge in [0.1, 0.15) is 5.69 Å². The number of carbonyl (C=O) groups is 2. The van der Waals surface area contributed by atoms with Crippen LogP contribution in [0.1, 0.15) is 0 Å². The number of aromatic nitrogens is 1.